The van der Waals surface area contributed by atoms with Crippen molar-refractivity contribution in [3.8, 4) is 5.75 Å². The quantitative estimate of drug-likeness (QED) is 0.793. The lowest BCUT2D eigenvalue weighted by atomic mass is 10.1. The number of carbonyl (C=O) groups is 1. The van der Waals surface area contributed by atoms with Gasteiger partial charge >= 0.3 is 0 Å². The molecule has 0 aliphatic heterocycles. The summed E-state index contributed by atoms with van der Waals surface area (Å²) in [6.45, 7) is 3.47. The van der Waals surface area contributed by atoms with Gasteiger partial charge in [0, 0.05) is 9.92 Å². The van der Waals surface area contributed by atoms with Gasteiger partial charge in [0.25, 0.3) is 5.91 Å². The highest BCUT2D eigenvalue weighted by molar-refractivity contribution is 7.98. The molecular weight excluding hydrogens is 318 g/mol. The average molecular weight is 336 g/mol. The highest BCUT2D eigenvalue weighted by Gasteiger charge is 2.30. The molecule has 0 radical (unpaired) electrons. The fraction of sp³-hybridized carbons (Fsp3) is 0.235. The van der Waals surface area contributed by atoms with Crippen molar-refractivity contribution in [3.63, 3.8) is 0 Å². The molecule has 0 unspecified atom stereocenters. The van der Waals surface area contributed by atoms with Crippen molar-refractivity contribution < 1.29 is 9.53 Å². The van der Waals surface area contributed by atoms with Gasteiger partial charge in [0.05, 0.1) is 5.69 Å². The Morgan fingerprint density at radius 2 is 1.77 bits per heavy atom. The van der Waals surface area contributed by atoms with Crippen LogP contribution in [0.25, 0.3) is 0 Å². The van der Waals surface area contributed by atoms with Crippen LogP contribution in [0.1, 0.15) is 13.8 Å². The highest BCUT2D eigenvalue weighted by atomic mass is 35.5. The monoisotopic (exact) mass is 335 g/mol. The van der Waals surface area contributed by atoms with Crippen LogP contribution in [0.5, 0.6) is 5.75 Å². The number of thioether (sulfide) groups is 1. The lowest BCUT2D eigenvalue weighted by Crippen LogP contribution is -2.42. The third-order valence-electron chi connectivity index (χ3n) is 3.09. The van der Waals surface area contributed by atoms with Gasteiger partial charge in [-0.15, -0.1) is 11.8 Å². The van der Waals surface area contributed by atoms with Crippen molar-refractivity contribution in [2.45, 2.75) is 24.3 Å². The van der Waals surface area contributed by atoms with Gasteiger partial charge in [0.15, 0.2) is 5.60 Å². The molecule has 0 aromatic heterocycles. The van der Waals surface area contributed by atoms with Crippen LogP contribution in [0, 0.1) is 0 Å². The Labute approximate surface area is 140 Å². The summed E-state index contributed by atoms with van der Waals surface area (Å²) >= 11 is 7.43. The number of ether oxygens (including phenoxy) is 1. The van der Waals surface area contributed by atoms with E-state index in [2.05, 4.69) is 5.32 Å². The number of rotatable bonds is 5. The molecule has 0 spiro atoms. The molecule has 1 amide bonds. The van der Waals surface area contributed by atoms with E-state index in [4.69, 9.17) is 16.3 Å². The van der Waals surface area contributed by atoms with Crippen LogP contribution in [0.2, 0.25) is 5.02 Å². The van der Waals surface area contributed by atoms with Crippen LogP contribution in [-0.4, -0.2) is 17.8 Å². The summed E-state index contributed by atoms with van der Waals surface area (Å²) in [7, 11) is 0. The molecule has 116 valence electrons. The molecule has 0 saturated heterocycles. The van der Waals surface area contributed by atoms with Crippen molar-refractivity contribution in [1.29, 1.82) is 0 Å². The topological polar surface area (TPSA) is 38.3 Å². The SMILES string of the molecule is CSc1ccccc1NC(=O)C(C)(C)Oc1ccc(Cl)cc1. The molecule has 2 aromatic carbocycles. The standard InChI is InChI=1S/C17H18ClNO2S/c1-17(2,21-13-10-8-12(18)9-11-13)16(20)19-14-6-4-5-7-15(14)22-3/h4-11H,1-3H3,(H,19,20). The van der Waals surface area contributed by atoms with Crippen molar-refractivity contribution in [1.82, 2.24) is 0 Å². The van der Waals surface area contributed by atoms with Crippen LogP contribution in [-0.2, 0) is 4.79 Å². The largest absolute Gasteiger partial charge is 0.478 e. The van der Waals surface area contributed by atoms with Crippen molar-refractivity contribution in [2.75, 3.05) is 11.6 Å². The molecule has 22 heavy (non-hydrogen) atoms. The van der Waals surface area contributed by atoms with Gasteiger partial charge in [-0.3, -0.25) is 4.79 Å². The molecule has 1 N–H and O–H groups in total. The summed E-state index contributed by atoms with van der Waals surface area (Å²) in [5.41, 5.74) is -0.216. The van der Waals surface area contributed by atoms with Gasteiger partial charge in [-0.2, -0.15) is 0 Å². The minimum atomic E-state index is -1.00. The Morgan fingerprint density at radius 1 is 1.14 bits per heavy atom. The van der Waals surface area contributed by atoms with Crippen LogP contribution in [0.15, 0.2) is 53.4 Å². The molecule has 0 heterocycles. The fourth-order valence-electron chi connectivity index (χ4n) is 1.86. The zero-order chi connectivity index (χ0) is 16.2. The van der Waals surface area contributed by atoms with Gasteiger partial charge in [0.1, 0.15) is 5.75 Å². The highest BCUT2D eigenvalue weighted by Crippen LogP contribution is 2.27. The summed E-state index contributed by atoms with van der Waals surface area (Å²) in [5.74, 6) is 0.395. The Hall–Kier alpha value is -1.65. The zero-order valence-electron chi connectivity index (χ0n) is 12.7. The summed E-state index contributed by atoms with van der Waals surface area (Å²) in [6, 6.07) is 14.6. The van der Waals surface area contributed by atoms with Crippen LogP contribution in [0.3, 0.4) is 0 Å². The second kappa shape index (κ2) is 7.07. The molecule has 0 fully saturated rings. The molecule has 0 aliphatic carbocycles. The first-order valence-electron chi connectivity index (χ1n) is 6.81. The number of benzene rings is 2. The van der Waals surface area contributed by atoms with Gasteiger partial charge in [-0.1, -0.05) is 23.7 Å². The predicted octanol–water partition coefficient (Wildman–Crippen LogP) is 4.86. The zero-order valence-corrected chi connectivity index (χ0v) is 14.3. The number of nitrogens with one attached hydrogen (secondary N) is 1. The maximum Gasteiger partial charge on any atom is 0.268 e. The number of para-hydroxylation sites is 1. The smallest absolute Gasteiger partial charge is 0.268 e. The summed E-state index contributed by atoms with van der Waals surface area (Å²) < 4.78 is 5.79. The fourth-order valence-corrected chi connectivity index (χ4v) is 2.54. The van der Waals surface area contributed by atoms with E-state index < -0.39 is 5.60 Å². The Bertz CT molecular complexity index is 656. The normalized spacial score (nSPS) is 11.1. The maximum absolute atomic E-state index is 12.5. The summed E-state index contributed by atoms with van der Waals surface area (Å²) in [6.07, 6.45) is 1.97. The molecule has 2 rings (SSSR count). The predicted molar refractivity (Wildman–Crippen MR) is 93.0 cm³/mol. The Kier molecular flexibility index (Phi) is 5.37. The average Bonchev–Trinajstić information content (AvgIpc) is 2.50. The first-order valence-corrected chi connectivity index (χ1v) is 8.42. The number of anilines is 1. The molecule has 3 nitrogen and oxygen atoms in total. The van der Waals surface area contributed by atoms with E-state index in [9.17, 15) is 4.79 Å². The summed E-state index contributed by atoms with van der Waals surface area (Å²) in [5, 5.41) is 3.55. The number of carbonyl (C=O) groups excluding carboxylic acids is 1. The summed E-state index contributed by atoms with van der Waals surface area (Å²) in [4.78, 5) is 13.5. The van der Waals surface area contributed by atoms with Crippen molar-refractivity contribution >= 4 is 35.0 Å². The van der Waals surface area contributed by atoms with Crippen LogP contribution < -0.4 is 10.1 Å². The molecule has 0 saturated carbocycles. The molecule has 0 bridgehead atoms. The minimum Gasteiger partial charge on any atom is -0.478 e. The lowest BCUT2D eigenvalue weighted by molar-refractivity contribution is -0.128. The molecule has 5 heteroatoms. The van der Waals surface area contributed by atoms with Gasteiger partial charge < -0.3 is 10.1 Å². The van der Waals surface area contributed by atoms with Gasteiger partial charge in [0.2, 0.25) is 0 Å². The van der Waals surface area contributed by atoms with E-state index in [0.717, 1.165) is 10.6 Å². The first kappa shape index (κ1) is 16.7. The second-order valence-electron chi connectivity index (χ2n) is 5.22. The number of amides is 1. The van der Waals surface area contributed by atoms with E-state index in [0.29, 0.717) is 10.8 Å². The van der Waals surface area contributed by atoms with Crippen LogP contribution >= 0.6 is 23.4 Å². The third kappa shape index (κ3) is 4.18. The van der Waals surface area contributed by atoms with E-state index in [1.807, 2.05) is 30.5 Å². The molecular formula is C17H18ClNO2S. The number of hydrogen-bond donors (Lipinski definition) is 1. The maximum atomic E-state index is 12.5. The molecule has 2 aromatic rings. The minimum absolute atomic E-state index is 0.205. The van der Waals surface area contributed by atoms with E-state index in [1.165, 1.54) is 0 Å². The van der Waals surface area contributed by atoms with E-state index >= 15 is 0 Å². The Balaban J connectivity index is 2.11. The third-order valence-corrected chi connectivity index (χ3v) is 4.14. The lowest BCUT2D eigenvalue weighted by Gasteiger charge is -2.25. The van der Waals surface area contributed by atoms with Gasteiger partial charge in [-0.05, 0) is 56.5 Å². The first-order chi connectivity index (χ1) is 10.4. The number of hydrogen-bond acceptors (Lipinski definition) is 3. The van der Waals surface area contributed by atoms with E-state index in [-0.39, 0.29) is 5.91 Å². The van der Waals surface area contributed by atoms with E-state index in [1.54, 1.807) is 49.9 Å². The van der Waals surface area contributed by atoms with Crippen molar-refractivity contribution in [3.05, 3.63) is 53.6 Å². The van der Waals surface area contributed by atoms with Crippen molar-refractivity contribution in [2.24, 2.45) is 0 Å². The number of halogens is 1. The van der Waals surface area contributed by atoms with Gasteiger partial charge in [-0.25, -0.2) is 0 Å². The Morgan fingerprint density at radius 3 is 2.41 bits per heavy atom. The van der Waals surface area contributed by atoms with Crippen LogP contribution in [0.4, 0.5) is 5.69 Å². The molecule has 0 aliphatic rings. The molecule has 0 atom stereocenters. The second-order valence-corrected chi connectivity index (χ2v) is 6.51.